The average molecular weight is 301 g/mol. The molecule has 0 radical (unpaired) electrons. The second-order valence-electron chi connectivity index (χ2n) is 4.50. The van der Waals surface area contributed by atoms with Crippen molar-refractivity contribution in [1.82, 2.24) is 9.88 Å². The topological polar surface area (TPSA) is 53.4 Å². The van der Waals surface area contributed by atoms with Crippen LogP contribution in [-0.2, 0) is 0 Å². The molecule has 0 fully saturated rings. The van der Waals surface area contributed by atoms with Gasteiger partial charge in [-0.3, -0.25) is 4.79 Å². The molecule has 94 valence electrons. The van der Waals surface area contributed by atoms with E-state index < -0.39 is 5.60 Å². The molecule has 0 aromatic carbocycles. The quantitative estimate of drug-likeness (QED) is 0.866. The number of carbonyl (C=O) groups excluding carboxylic acids is 1. The van der Waals surface area contributed by atoms with Gasteiger partial charge >= 0.3 is 0 Å². The molecule has 17 heavy (non-hydrogen) atoms. The molecule has 0 spiro atoms. The molecule has 4 nitrogen and oxygen atoms in total. The van der Waals surface area contributed by atoms with Crippen LogP contribution in [0.4, 0.5) is 0 Å². The summed E-state index contributed by atoms with van der Waals surface area (Å²) >= 11 is 3.22. The van der Waals surface area contributed by atoms with Crippen molar-refractivity contribution in [2.45, 2.75) is 26.4 Å². The lowest BCUT2D eigenvalue weighted by molar-refractivity contribution is 0.0314. The molecular weight excluding hydrogens is 284 g/mol. The predicted octanol–water partition coefficient (Wildman–Crippen LogP) is 2.08. The number of likely N-dealkylation sites (N-methyl/N-ethyl adjacent to an activating group) is 1. The van der Waals surface area contributed by atoms with E-state index in [1.54, 1.807) is 30.9 Å². The third-order valence-electron chi connectivity index (χ3n) is 2.22. The molecule has 1 amide bonds. The van der Waals surface area contributed by atoms with Crippen molar-refractivity contribution in [1.29, 1.82) is 0 Å². The van der Waals surface area contributed by atoms with Gasteiger partial charge in [-0.15, -0.1) is 0 Å². The molecular formula is C12H17BrN2O2. The van der Waals surface area contributed by atoms with Crippen molar-refractivity contribution in [3.05, 3.63) is 28.5 Å². The molecule has 0 saturated heterocycles. The van der Waals surface area contributed by atoms with E-state index >= 15 is 0 Å². The average Bonchev–Trinajstić information content (AvgIpc) is 2.25. The molecule has 5 heteroatoms. The normalized spacial score (nSPS) is 11.4. The van der Waals surface area contributed by atoms with Gasteiger partial charge in [0, 0.05) is 19.3 Å². The maximum atomic E-state index is 12.1. The summed E-state index contributed by atoms with van der Waals surface area (Å²) in [6.07, 6.45) is 1.53. The largest absolute Gasteiger partial charge is 0.389 e. The zero-order valence-electron chi connectivity index (χ0n) is 10.3. The van der Waals surface area contributed by atoms with E-state index in [2.05, 4.69) is 20.9 Å². The molecule has 0 unspecified atom stereocenters. The standard InChI is InChI=1S/C12H17BrN2O2/c1-4-15(8-12(2,3)17)11(16)9-5-6-10(13)14-7-9/h5-7,17H,4,8H2,1-3H3. The lowest BCUT2D eigenvalue weighted by Crippen LogP contribution is -2.42. The van der Waals surface area contributed by atoms with Gasteiger partial charge in [0.1, 0.15) is 4.60 Å². The van der Waals surface area contributed by atoms with Crippen LogP contribution in [0.2, 0.25) is 0 Å². The SMILES string of the molecule is CCN(CC(C)(C)O)C(=O)c1ccc(Br)nc1. The number of carbonyl (C=O) groups is 1. The Hall–Kier alpha value is -0.940. The van der Waals surface area contributed by atoms with Crippen LogP contribution in [0.1, 0.15) is 31.1 Å². The summed E-state index contributed by atoms with van der Waals surface area (Å²) in [6, 6.07) is 3.44. The minimum Gasteiger partial charge on any atom is -0.389 e. The molecule has 0 bridgehead atoms. The van der Waals surface area contributed by atoms with E-state index in [4.69, 9.17) is 0 Å². The van der Waals surface area contributed by atoms with Crippen LogP contribution in [0.15, 0.2) is 22.9 Å². The number of amides is 1. The van der Waals surface area contributed by atoms with Gasteiger partial charge in [0.05, 0.1) is 11.2 Å². The molecule has 0 aliphatic rings. The van der Waals surface area contributed by atoms with Crippen LogP contribution in [0.3, 0.4) is 0 Å². The predicted molar refractivity (Wildman–Crippen MR) is 69.8 cm³/mol. The van der Waals surface area contributed by atoms with Crippen LogP contribution < -0.4 is 0 Å². The first-order valence-corrected chi connectivity index (χ1v) is 6.26. The number of hydrogen-bond acceptors (Lipinski definition) is 3. The van der Waals surface area contributed by atoms with Gasteiger partial charge in [0.25, 0.3) is 5.91 Å². The smallest absolute Gasteiger partial charge is 0.255 e. The van der Waals surface area contributed by atoms with Crippen LogP contribution in [0, 0.1) is 0 Å². The number of aromatic nitrogens is 1. The molecule has 0 saturated carbocycles. The Kier molecular flexibility index (Phi) is 4.65. The lowest BCUT2D eigenvalue weighted by Gasteiger charge is -2.28. The third-order valence-corrected chi connectivity index (χ3v) is 2.69. The summed E-state index contributed by atoms with van der Waals surface area (Å²) in [7, 11) is 0. The number of rotatable bonds is 4. The summed E-state index contributed by atoms with van der Waals surface area (Å²) < 4.78 is 0.694. The van der Waals surface area contributed by atoms with Crippen LogP contribution in [0.25, 0.3) is 0 Å². The van der Waals surface area contributed by atoms with E-state index in [-0.39, 0.29) is 5.91 Å². The molecule has 1 aromatic rings. The van der Waals surface area contributed by atoms with E-state index in [1.165, 1.54) is 6.20 Å². The summed E-state index contributed by atoms with van der Waals surface area (Å²) in [5.41, 5.74) is -0.367. The van der Waals surface area contributed by atoms with Crippen molar-refractivity contribution < 1.29 is 9.90 Å². The molecule has 0 aliphatic heterocycles. The highest BCUT2D eigenvalue weighted by molar-refractivity contribution is 9.10. The summed E-state index contributed by atoms with van der Waals surface area (Å²) in [4.78, 5) is 17.7. The zero-order valence-corrected chi connectivity index (χ0v) is 11.9. The highest BCUT2D eigenvalue weighted by Crippen LogP contribution is 2.11. The number of pyridine rings is 1. The Morgan fingerprint density at radius 3 is 2.59 bits per heavy atom. The first kappa shape index (κ1) is 14.1. The number of nitrogens with zero attached hydrogens (tertiary/aromatic N) is 2. The number of aliphatic hydroxyl groups is 1. The molecule has 1 aromatic heterocycles. The maximum Gasteiger partial charge on any atom is 0.255 e. The van der Waals surface area contributed by atoms with Crippen molar-refractivity contribution >= 4 is 21.8 Å². The Bertz CT molecular complexity index is 384. The lowest BCUT2D eigenvalue weighted by atomic mass is 10.1. The van der Waals surface area contributed by atoms with Crippen molar-refractivity contribution in [3.8, 4) is 0 Å². The van der Waals surface area contributed by atoms with Crippen LogP contribution >= 0.6 is 15.9 Å². The second kappa shape index (κ2) is 5.60. The fourth-order valence-electron chi connectivity index (χ4n) is 1.48. The Balaban J connectivity index is 2.83. The minimum absolute atomic E-state index is 0.116. The van der Waals surface area contributed by atoms with E-state index in [0.29, 0.717) is 23.3 Å². The summed E-state index contributed by atoms with van der Waals surface area (Å²) in [5, 5.41) is 9.74. The van der Waals surface area contributed by atoms with E-state index in [9.17, 15) is 9.90 Å². The van der Waals surface area contributed by atoms with E-state index in [0.717, 1.165) is 0 Å². The van der Waals surface area contributed by atoms with Crippen molar-refractivity contribution in [2.75, 3.05) is 13.1 Å². The highest BCUT2D eigenvalue weighted by Gasteiger charge is 2.22. The molecule has 0 aliphatic carbocycles. The van der Waals surface area contributed by atoms with Gasteiger partial charge < -0.3 is 10.0 Å². The Labute approximate surface area is 110 Å². The van der Waals surface area contributed by atoms with Crippen LogP contribution in [-0.4, -0.2) is 39.6 Å². The summed E-state index contributed by atoms with van der Waals surface area (Å²) in [6.45, 7) is 6.11. The van der Waals surface area contributed by atoms with Crippen molar-refractivity contribution in [2.24, 2.45) is 0 Å². The molecule has 1 N–H and O–H groups in total. The number of halogens is 1. The fourth-order valence-corrected chi connectivity index (χ4v) is 1.71. The Morgan fingerprint density at radius 1 is 1.53 bits per heavy atom. The monoisotopic (exact) mass is 300 g/mol. The molecule has 1 rings (SSSR count). The summed E-state index contributed by atoms with van der Waals surface area (Å²) in [5.74, 6) is -0.116. The van der Waals surface area contributed by atoms with E-state index in [1.807, 2.05) is 6.92 Å². The molecule has 0 atom stereocenters. The Morgan fingerprint density at radius 2 is 2.18 bits per heavy atom. The van der Waals surface area contributed by atoms with Gasteiger partial charge in [-0.05, 0) is 48.8 Å². The van der Waals surface area contributed by atoms with Crippen LogP contribution in [0.5, 0.6) is 0 Å². The number of hydrogen-bond donors (Lipinski definition) is 1. The first-order valence-electron chi connectivity index (χ1n) is 5.46. The highest BCUT2D eigenvalue weighted by atomic mass is 79.9. The minimum atomic E-state index is -0.894. The van der Waals surface area contributed by atoms with Gasteiger partial charge in [0.2, 0.25) is 0 Å². The van der Waals surface area contributed by atoms with Crippen molar-refractivity contribution in [3.63, 3.8) is 0 Å². The third kappa shape index (κ3) is 4.44. The fraction of sp³-hybridized carbons (Fsp3) is 0.500. The maximum absolute atomic E-state index is 12.1. The first-order chi connectivity index (χ1) is 7.83. The van der Waals surface area contributed by atoms with Gasteiger partial charge in [-0.2, -0.15) is 0 Å². The second-order valence-corrected chi connectivity index (χ2v) is 5.31. The molecule has 1 heterocycles. The van der Waals surface area contributed by atoms with Gasteiger partial charge in [-0.1, -0.05) is 0 Å². The van der Waals surface area contributed by atoms with Gasteiger partial charge in [0.15, 0.2) is 0 Å². The zero-order chi connectivity index (χ0) is 13.1. The van der Waals surface area contributed by atoms with Gasteiger partial charge in [-0.25, -0.2) is 4.98 Å².